The van der Waals surface area contributed by atoms with Crippen LogP contribution in [0.1, 0.15) is 29.0 Å². The van der Waals surface area contributed by atoms with E-state index in [1.165, 1.54) is 13.1 Å². The maximum atomic E-state index is 12.0. The SMILES string of the molecule is CNS(=O)(=O)c1cc(C(=O)NCC2CCCN2)c(C)o1.Cl. The Labute approximate surface area is 130 Å². The summed E-state index contributed by atoms with van der Waals surface area (Å²) in [7, 11) is -2.38. The number of sulfonamides is 1. The third-order valence-corrected chi connectivity index (χ3v) is 4.61. The standard InChI is InChI=1S/C12H19N3O4S.ClH/c1-8-10(6-11(19-8)20(17,18)13-2)12(16)15-7-9-4-3-5-14-9;/h6,9,13-14H,3-5,7H2,1-2H3,(H,15,16);1H. The van der Waals surface area contributed by atoms with Crippen molar-refractivity contribution in [2.45, 2.75) is 30.9 Å². The molecule has 1 fully saturated rings. The largest absolute Gasteiger partial charge is 0.448 e. The highest BCUT2D eigenvalue weighted by Crippen LogP contribution is 2.18. The van der Waals surface area contributed by atoms with Crippen LogP contribution < -0.4 is 15.4 Å². The second-order valence-corrected chi connectivity index (χ2v) is 6.56. The Morgan fingerprint density at radius 1 is 1.52 bits per heavy atom. The quantitative estimate of drug-likeness (QED) is 0.722. The molecule has 0 saturated carbocycles. The van der Waals surface area contributed by atoms with Gasteiger partial charge in [-0.2, -0.15) is 0 Å². The van der Waals surface area contributed by atoms with Gasteiger partial charge in [-0.3, -0.25) is 4.79 Å². The van der Waals surface area contributed by atoms with Crippen molar-refractivity contribution in [2.75, 3.05) is 20.1 Å². The number of carbonyl (C=O) groups excluding carboxylic acids is 1. The van der Waals surface area contributed by atoms with Crippen molar-refractivity contribution in [1.29, 1.82) is 0 Å². The van der Waals surface area contributed by atoms with E-state index in [1.807, 2.05) is 0 Å². The third-order valence-electron chi connectivity index (χ3n) is 3.34. The maximum absolute atomic E-state index is 12.0. The molecule has 0 bridgehead atoms. The molecular formula is C12H20ClN3O4S. The highest BCUT2D eigenvalue weighted by Gasteiger charge is 2.23. The van der Waals surface area contributed by atoms with Gasteiger partial charge < -0.3 is 15.1 Å². The molecule has 7 nitrogen and oxygen atoms in total. The van der Waals surface area contributed by atoms with E-state index < -0.39 is 10.0 Å². The van der Waals surface area contributed by atoms with E-state index in [0.29, 0.717) is 6.54 Å². The van der Waals surface area contributed by atoms with Crippen molar-refractivity contribution in [1.82, 2.24) is 15.4 Å². The summed E-state index contributed by atoms with van der Waals surface area (Å²) in [5.41, 5.74) is 0.247. The fourth-order valence-electron chi connectivity index (χ4n) is 2.16. The van der Waals surface area contributed by atoms with Gasteiger partial charge in [0.1, 0.15) is 5.76 Å². The molecule has 1 aromatic rings. The summed E-state index contributed by atoms with van der Waals surface area (Å²) in [6.45, 7) is 3.06. The van der Waals surface area contributed by atoms with Gasteiger partial charge in [-0.15, -0.1) is 12.4 Å². The minimum absolute atomic E-state index is 0. The first-order chi connectivity index (χ1) is 9.44. The van der Waals surface area contributed by atoms with Crippen LogP contribution in [-0.4, -0.2) is 40.5 Å². The maximum Gasteiger partial charge on any atom is 0.273 e. The fourth-order valence-corrected chi connectivity index (χ4v) is 2.86. The lowest BCUT2D eigenvalue weighted by Crippen LogP contribution is -2.37. The Kier molecular flexibility index (Phi) is 6.21. The lowest BCUT2D eigenvalue weighted by Gasteiger charge is -2.10. The molecule has 9 heteroatoms. The number of aryl methyl sites for hydroxylation is 1. The highest BCUT2D eigenvalue weighted by molar-refractivity contribution is 7.89. The Morgan fingerprint density at radius 3 is 2.81 bits per heavy atom. The van der Waals surface area contributed by atoms with Crippen LogP contribution in [0.25, 0.3) is 0 Å². The summed E-state index contributed by atoms with van der Waals surface area (Å²) in [6, 6.07) is 1.53. The number of carbonyl (C=O) groups is 1. The van der Waals surface area contributed by atoms with Gasteiger partial charge in [0.05, 0.1) is 5.56 Å². The summed E-state index contributed by atoms with van der Waals surface area (Å²) in [4.78, 5) is 12.0. The Balaban J connectivity index is 0.00000220. The highest BCUT2D eigenvalue weighted by atomic mass is 35.5. The van der Waals surface area contributed by atoms with Crippen molar-refractivity contribution in [3.8, 4) is 0 Å². The first-order valence-corrected chi connectivity index (χ1v) is 7.98. The molecule has 2 heterocycles. The summed E-state index contributed by atoms with van der Waals surface area (Å²) in [6.07, 6.45) is 2.14. The first kappa shape index (κ1) is 18.0. The molecule has 1 aliphatic heterocycles. The summed E-state index contributed by atoms with van der Waals surface area (Å²) < 4.78 is 30.5. The van der Waals surface area contributed by atoms with E-state index in [0.717, 1.165) is 19.4 Å². The van der Waals surface area contributed by atoms with Crippen molar-refractivity contribution >= 4 is 28.3 Å². The molecule has 0 radical (unpaired) electrons. The number of hydrogen-bond donors (Lipinski definition) is 3. The molecule has 1 unspecified atom stereocenters. The van der Waals surface area contributed by atoms with E-state index in [4.69, 9.17) is 4.42 Å². The molecule has 120 valence electrons. The molecule has 21 heavy (non-hydrogen) atoms. The van der Waals surface area contributed by atoms with E-state index >= 15 is 0 Å². The summed E-state index contributed by atoms with van der Waals surface area (Å²) in [5.74, 6) is -0.0341. The van der Waals surface area contributed by atoms with E-state index in [-0.39, 0.29) is 40.8 Å². The van der Waals surface area contributed by atoms with Gasteiger partial charge in [0.15, 0.2) is 0 Å². The van der Waals surface area contributed by atoms with Crippen LogP contribution in [-0.2, 0) is 10.0 Å². The molecule has 1 saturated heterocycles. The predicted molar refractivity (Wildman–Crippen MR) is 80.3 cm³/mol. The minimum atomic E-state index is -3.67. The van der Waals surface area contributed by atoms with Crippen LogP contribution in [0.2, 0.25) is 0 Å². The average Bonchev–Trinajstić information content (AvgIpc) is 3.05. The normalized spacial score (nSPS) is 18.3. The van der Waals surface area contributed by atoms with Crippen LogP contribution in [0.5, 0.6) is 0 Å². The monoisotopic (exact) mass is 337 g/mol. The topological polar surface area (TPSA) is 100 Å². The molecule has 0 spiro atoms. The van der Waals surface area contributed by atoms with Gasteiger partial charge in [-0.25, -0.2) is 13.1 Å². The van der Waals surface area contributed by atoms with Gasteiger partial charge >= 0.3 is 0 Å². The molecule has 1 aliphatic rings. The van der Waals surface area contributed by atoms with Crippen molar-refractivity contribution in [2.24, 2.45) is 0 Å². The number of halogens is 1. The van der Waals surface area contributed by atoms with E-state index in [9.17, 15) is 13.2 Å². The fraction of sp³-hybridized carbons (Fsp3) is 0.583. The Morgan fingerprint density at radius 2 is 2.24 bits per heavy atom. The first-order valence-electron chi connectivity index (χ1n) is 6.49. The number of rotatable bonds is 5. The zero-order valence-electron chi connectivity index (χ0n) is 11.9. The second kappa shape index (κ2) is 7.26. The summed E-state index contributed by atoms with van der Waals surface area (Å²) >= 11 is 0. The van der Waals surface area contributed by atoms with E-state index in [1.54, 1.807) is 6.92 Å². The lowest BCUT2D eigenvalue weighted by atomic mass is 10.2. The molecular weight excluding hydrogens is 318 g/mol. The second-order valence-electron chi connectivity index (χ2n) is 4.75. The zero-order chi connectivity index (χ0) is 14.8. The molecule has 2 rings (SSSR count). The van der Waals surface area contributed by atoms with Gasteiger partial charge in [-0.05, 0) is 33.4 Å². The molecule has 1 amide bonds. The predicted octanol–water partition coefficient (Wildman–Crippen LogP) is 0.400. The number of furan rings is 1. The van der Waals surface area contributed by atoms with Gasteiger partial charge in [-0.1, -0.05) is 0 Å². The molecule has 0 aromatic carbocycles. The number of amides is 1. The zero-order valence-corrected chi connectivity index (χ0v) is 13.6. The molecule has 1 atom stereocenters. The molecule has 0 aliphatic carbocycles. The van der Waals surface area contributed by atoms with Crippen LogP contribution in [0.4, 0.5) is 0 Å². The minimum Gasteiger partial charge on any atom is -0.448 e. The number of hydrogen-bond acceptors (Lipinski definition) is 5. The molecule has 1 aromatic heterocycles. The van der Waals surface area contributed by atoms with Gasteiger partial charge in [0, 0.05) is 18.7 Å². The Hall–Kier alpha value is -1.09. The van der Waals surface area contributed by atoms with Crippen LogP contribution >= 0.6 is 12.4 Å². The van der Waals surface area contributed by atoms with Crippen LogP contribution in [0.15, 0.2) is 15.6 Å². The van der Waals surface area contributed by atoms with E-state index in [2.05, 4.69) is 15.4 Å². The van der Waals surface area contributed by atoms with Gasteiger partial charge in [0.25, 0.3) is 15.9 Å². The lowest BCUT2D eigenvalue weighted by molar-refractivity contribution is 0.0949. The van der Waals surface area contributed by atoms with Crippen LogP contribution in [0.3, 0.4) is 0 Å². The van der Waals surface area contributed by atoms with Crippen molar-refractivity contribution in [3.05, 3.63) is 17.4 Å². The average molecular weight is 338 g/mol. The smallest absolute Gasteiger partial charge is 0.273 e. The van der Waals surface area contributed by atoms with Crippen LogP contribution in [0, 0.1) is 6.92 Å². The van der Waals surface area contributed by atoms with Crippen molar-refractivity contribution < 1.29 is 17.6 Å². The van der Waals surface area contributed by atoms with Crippen molar-refractivity contribution in [3.63, 3.8) is 0 Å². The molecule has 3 N–H and O–H groups in total. The Bertz CT molecular complexity index is 594. The number of nitrogens with one attached hydrogen (secondary N) is 3. The van der Waals surface area contributed by atoms with Gasteiger partial charge in [0.2, 0.25) is 5.09 Å². The summed E-state index contributed by atoms with van der Waals surface area (Å²) in [5, 5.41) is 5.81. The third kappa shape index (κ3) is 4.19.